The number of aromatic hydroxyl groups is 1. The Labute approximate surface area is 172 Å². The van der Waals surface area contributed by atoms with Crippen LogP contribution in [-0.4, -0.2) is 81.5 Å². The van der Waals surface area contributed by atoms with Crippen LogP contribution in [0.2, 0.25) is 0 Å². The van der Waals surface area contributed by atoms with Gasteiger partial charge in [-0.15, -0.1) is 0 Å². The zero-order valence-electron chi connectivity index (χ0n) is 16.2. The molecule has 0 bridgehead atoms. The standard InChI is InChI=1S/C18H26N4O8/c1-9(24)15(22-16(28)12(19)8-23)18(30)21-13(17(29)20-7-14(26)27)6-10-2-4-11(25)5-3-10/h2-5,9,12-13,15,23-25H,6-8,19H2,1H3,(H,20,29)(H,21,30)(H,22,28)(H,26,27). The number of hydrogen-bond donors (Lipinski definition) is 8. The number of aliphatic hydroxyl groups excluding tert-OH is 2. The number of nitrogens with two attached hydrogens (primary N) is 1. The number of carboxylic acids is 1. The number of carbonyl (C=O) groups excluding carboxylic acids is 3. The fourth-order valence-electron chi connectivity index (χ4n) is 2.37. The van der Waals surface area contributed by atoms with E-state index in [1.807, 2.05) is 0 Å². The van der Waals surface area contributed by atoms with Gasteiger partial charge in [-0.1, -0.05) is 12.1 Å². The Morgan fingerprint density at radius 1 is 1.03 bits per heavy atom. The number of rotatable bonds is 11. The number of carbonyl (C=O) groups is 4. The van der Waals surface area contributed by atoms with Crippen LogP contribution in [0.4, 0.5) is 0 Å². The van der Waals surface area contributed by atoms with Gasteiger partial charge in [-0.2, -0.15) is 0 Å². The topological polar surface area (TPSA) is 211 Å². The SMILES string of the molecule is CC(O)C(NC(=O)C(N)CO)C(=O)NC(Cc1ccc(O)cc1)C(=O)NCC(=O)O. The lowest BCUT2D eigenvalue weighted by atomic mass is 10.0. The van der Waals surface area contributed by atoms with Gasteiger partial charge < -0.3 is 42.1 Å². The number of amides is 3. The van der Waals surface area contributed by atoms with Gasteiger partial charge in [0.1, 0.15) is 30.4 Å². The smallest absolute Gasteiger partial charge is 0.322 e. The molecule has 0 aliphatic carbocycles. The quantitative estimate of drug-likeness (QED) is 0.179. The number of aliphatic hydroxyl groups is 2. The van der Waals surface area contributed by atoms with Gasteiger partial charge in [-0.05, 0) is 24.6 Å². The highest BCUT2D eigenvalue weighted by Crippen LogP contribution is 2.12. The largest absolute Gasteiger partial charge is 0.508 e. The summed E-state index contributed by atoms with van der Waals surface area (Å²) < 4.78 is 0. The fraction of sp³-hybridized carbons (Fsp3) is 0.444. The number of aliphatic carboxylic acids is 1. The molecule has 12 heteroatoms. The second-order valence-corrected chi connectivity index (χ2v) is 6.56. The van der Waals surface area contributed by atoms with E-state index in [-0.39, 0.29) is 12.2 Å². The molecule has 0 radical (unpaired) electrons. The first-order valence-corrected chi connectivity index (χ1v) is 8.97. The Morgan fingerprint density at radius 3 is 2.13 bits per heavy atom. The monoisotopic (exact) mass is 426 g/mol. The molecule has 1 aromatic rings. The summed E-state index contributed by atoms with van der Waals surface area (Å²) >= 11 is 0. The summed E-state index contributed by atoms with van der Waals surface area (Å²) in [4.78, 5) is 47.6. The number of phenolic OH excluding ortho intramolecular Hbond substituents is 1. The number of benzene rings is 1. The van der Waals surface area contributed by atoms with E-state index in [1.165, 1.54) is 31.2 Å². The van der Waals surface area contributed by atoms with Crippen LogP contribution in [0, 0.1) is 0 Å². The van der Waals surface area contributed by atoms with Gasteiger partial charge in [0.25, 0.3) is 0 Å². The van der Waals surface area contributed by atoms with E-state index in [4.69, 9.17) is 15.9 Å². The first-order chi connectivity index (χ1) is 14.0. The van der Waals surface area contributed by atoms with E-state index in [9.17, 15) is 29.4 Å². The maximum absolute atomic E-state index is 12.6. The average Bonchev–Trinajstić information content (AvgIpc) is 2.69. The number of nitrogens with one attached hydrogen (secondary N) is 3. The molecule has 4 atom stereocenters. The molecular weight excluding hydrogens is 400 g/mol. The van der Waals surface area contributed by atoms with Crippen molar-refractivity contribution >= 4 is 23.7 Å². The Bertz CT molecular complexity index is 753. The second kappa shape index (κ2) is 11.7. The van der Waals surface area contributed by atoms with Gasteiger partial charge in [-0.25, -0.2) is 0 Å². The molecule has 166 valence electrons. The van der Waals surface area contributed by atoms with Crippen LogP contribution in [0.15, 0.2) is 24.3 Å². The van der Waals surface area contributed by atoms with Crippen molar-refractivity contribution in [3.05, 3.63) is 29.8 Å². The molecule has 0 spiro atoms. The first kappa shape index (κ1) is 24.8. The summed E-state index contributed by atoms with van der Waals surface area (Å²) in [5.74, 6) is -3.90. The molecule has 1 rings (SSSR count). The Balaban J connectivity index is 2.99. The third-order valence-electron chi connectivity index (χ3n) is 4.02. The summed E-state index contributed by atoms with van der Waals surface area (Å²) in [5.41, 5.74) is 5.93. The highest BCUT2D eigenvalue weighted by molar-refractivity contribution is 5.94. The number of hydrogen-bond acceptors (Lipinski definition) is 8. The van der Waals surface area contributed by atoms with E-state index in [1.54, 1.807) is 0 Å². The molecule has 9 N–H and O–H groups in total. The Kier molecular flexibility index (Phi) is 9.68. The molecule has 1 aromatic carbocycles. The first-order valence-electron chi connectivity index (χ1n) is 8.97. The van der Waals surface area contributed by atoms with Crippen molar-refractivity contribution in [3.8, 4) is 5.75 Å². The molecule has 0 aliphatic rings. The van der Waals surface area contributed by atoms with Crippen molar-refractivity contribution < 1.29 is 39.6 Å². The molecule has 0 fully saturated rings. The Morgan fingerprint density at radius 2 is 1.63 bits per heavy atom. The molecule has 0 aliphatic heterocycles. The lowest BCUT2D eigenvalue weighted by Crippen LogP contribution is -2.59. The van der Waals surface area contributed by atoms with Gasteiger partial charge in [0.2, 0.25) is 17.7 Å². The van der Waals surface area contributed by atoms with Crippen molar-refractivity contribution in [2.45, 2.75) is 37.6 Å². The van der Waals surface area contributed by atoms with Crippen LogP contribution in [0.3, 0.4) is 0 Å². The fourth-order valence-corrected chi connectivity index (χ4v) is 2.37. The molecule has 0 aromatic heterocycles. The lowest BCUT2D eigenvalue weighted by Gasteiger charge is -2.25. The van der Waals surface area contributed by atoms with Gasteiger partial charge in [-0.3, -0.25) is 19.2 Å². The molecule has 0 saturated carbocycles. The summed E-state index contributed by atoms with van der Waals surface area (Å²) in [6.07, 6.45) is -1.43. The summed E-state index contributed by atoms with van der Waals surface area (Å²) in [7, 11) is 0. The average molecular weight is 426 g/mol. The van der Waals surface area contributed by atoms with Gasteiger partial charge in [0.05, 0.1) is 12.7 Å². The van der Waals surface area contributed by atoms with E-state index >= 15 is 0 Å². The van der Waals surface area contributed by atoms with Crippen molar-refractivity contribution in [3.63, 3.8) is 0 Å². The van der Waals surface area contributed by atoms with Gasteiger partial charge in [0, 0.05) is 6.42 Å². The maximum Gasteiger partial charge on any atom is 0.322 e. The minimum absolute atomic E-state index is 0.00762. The van der Waals surface area contributed by atoms with Crippen molar-refractivity contribution in [2.75, 3.05) is 13.2 Å². The summed E-state index contributed by atoms with van der Waals surface area (Å²) in [5, 5.41) is 43.6. The van der Waals surface area contributed by atoms with Gasteiger partial charge in [0.15, 0.2) is 0 Å². The summed E-state index contributed by atoms with van der Waals surface area (Å²) in [6, 6.07) is 1.72. The second-order valence-electron chi connectivity index (χ2n) is 6.56. The number of carboxylic acid groups (broad SMARTS) is 1. The highest BCUT2D eigenvalue weighted by Gasteiger charge is 2.31. The molecule has 0 saturated heterocycles. The predicted octanol–water partition coefficient (Wildman–Crippen LogP) is -3.19. The van der Waals surface area contributed by atoms with Crippen LogP contribution in [0.1, 0.15) is 12.5 Å². The lowest BCUT2D eigenvalue weighted by molar-refractivity contribution is -0.138. The van der Waals surface area contributed by atoms with E-state index < -0.39 is 61.1 Å². The number of phenols is 1. The predicted molar refractivity (Wildman–Crippen MR) is 103 cm³/mol. The molecule has 0 heterocycles. The van der Waals surface area contributed by atoms with Crippen molar-refractivity contribution in [1.29, 1.82) is 0 Å². The van der Waals surface area contributed by atoms with Gasteiger partial charge >= 0.3 is 5.97 Å². The van der Waals surface area contributed by atoms with Crippen molar-refractivity contribution in [2.24, 2.45) is 5.73 Å². The molecule has 30 heavy (non-hydrogen) atoms. The van der Waals surface area contributed by atoms with Crippen LogP contribution in [-0.2, 0) is 25.6 Å². The summed E-state index contributed by atoms with van der Waals surface area (Å²) in [6.45, 7) is -0.127. The zero-order chi connectivity index (χ0) is 22.8. The van der Waals surface area contributed by atoms with Crippen LogP contribution in [0.25, 0.3) is 0 Å². The zero-order valence-corrected chi connectivity index (χ0v) is 16.2. The minimum atomic E-state index is -1.48. The third-order valence-corrected chi connectivity index (χ3v) is 4.02. The molecular formula is C18H26N4O8. The normalized spacial score (nSPS) is 14.7. The molecule has 4 unspecified atom stereocenters. The molecule has 12 nitrogen and oxygen atoms in total. The van der Waals surface area contributed by atoms with E-state index in [0.29, 0.717) is 5.56 Å². The minimum Gasteiger partial charge on any atom is -0.508 e. The molecule has 3 amide bonds. The maximum atomic E-state index is 12.6. The van der Waals surface area contributed by atoms with E-state index in [0.717, 1.165) is 0 Å². The van der Waals surface area contributed by atoms with E-state index in [2.05, 4.69) is 16.0 Å². The third kappa shape index (κ3) is 8.03. The van der Waals surface area contributed by atoms with Crippen LogP contribution < -0.4 is 21.7 Å². The van der Waals surface area contributed by atoms with Crippen LogP contribution in [0.5, 0.6) is 5.75 Å². The van der Waals surface area contributed by atoms with Crippen LogP contribution >= 0.6 is 0 Å². The highest BCUT2D eigenvalue weighted by atomic mass is 16.4. The van der Waals surface area contributed by atoms with Crippen molar-refractivity contribution in [1.82, 2.24) is 16.0 Å². The Hall–Kier alpha value is -3.22.